The molecular weight excluding hydrogens is 348 g/mol. The molecule has 8 nitrogen and oxygen atoms in total. The first-order chi connectivity index (χ1) is 13.0. The van der Waals surface area contributed by atoms with Gasteiger partial charge < -0.3 is 26.0 Å². The predicted molar refractivity (Wildman–Crippen MR) is 101 cm³/mol. The fraction of sp³-hybridized carbons (Fsp3) is 0.211. The topological polar surface area (TPSA) is 114 Å². The van der Waals surface area contributed by atoms with E-state index in [-0.39, 0.29) is 23.9 Å². The summed E-state index contributed by atoms with van der Waals surface area (Å²) in [5, 5.41) is 5.36. The molecule has 1 fully saturated rings. The Morgan fingerprint density at radius 2 is 1.85 bits per heavy atom. The van der Waals surface area contributed by atoms with Crippen molar-refractivity contribution in [2.24, 2.45) is 5.73 Å². The second-order valence-electron chi connectivity index (χ2n) is 6.11. The molecule has 0 bridgehead atoms. The van der Waals surface area contributed by atoms with Crippen LogP contribution in [0, 0.1) is 0 Å². The van der Waals surface area contributed by atoms with Crippen molar-refractivity contribution < 1.29 is 19.1 Å². The molecule has 1 aliphatic rings. The zero-order valence-corrected chi connectivity index (χ0v) is 14.8. The van der Waals surface area contributed by atoms with Gasteiger partial charge in [-0.25, -0.2) is 4.79 Å². The van der Waals surface area contributed by atoms with Crippen LogP contribution in [0.15, 0.2) is 48.5 Å². The van der Waals surface area contributed by atoms with Crippen LogP contribution in [0.1, 0.15) is 16.8 Å². The lowest BCUT2D eigenvalue weighted by Gasteiger charge is -2.18. The molecule has 0 spiro atoms. The van der Waals surface area contributed by atoms with Gasteiger partial charge in [-0.05, 0) is 36.4 Å². The number of rotatable bonds is 5. The van der Waals surface area contributed by atoms with E-state index >= 15 is 0 Å². The van der Waals surface area contributed by atoms with Crippen LogP contribution in [0.2, 0.25) is 0 Å². The molecule has 0 radical (unpaired) electrons. The Morgan fingerprint density at radius 3 is 2.52 bits per heavy atom. The summed E-state index contributed by atoms with van der Waals surface area (Å²) in [6, 6.07) is 12.8. The predicted octanol–water partition coefficient (Wildman–Crippen LogP) is 1.72. The minimum atomic E-state index is -0.632. The number of nitrogens with zero attached hydrogens (tertiary/aromatic N) is 1. The van der Waals surface area contributed by atoms with Crippen LogP contribution in [0.4, 0.5) is 16.2 Å². The van der Waals surface area contributed by atoms with Crippen molar-refractivity contribution in [3.8, 4) is 5.75 Å². The molecule has 2 aromatic rings. The lowest BCUT2D eigenvalue weighted by atomic mass is 10.1. The Morgan fingerprint density at radius 1 is 1.15 bits per heavy atom. The lowest BCUT2D eigenvalue weighted by Crippen LogP contribution is -2.40. The number of ether oxygens (including phenoxy) is 1. The molecule has 0 unspecified atom stereocenters. The molecule has 2 aromatic carbocycles. The third-order valence-corrected chi connectivity index (χ3v) is 4.29. The molecule has 1 saturated heterocycles. The number of hydrogen-bond acceptors (Lipinski definition) is 4. The van der Waals surface area contributed by atoms with Crippen molar-refractivity contribution in [1.29, 1.82) is 0 Å². The fourth-order valence-corrected chi connectivity index (χ4v) is 2.97. The van der Waals surface area contributed by atoms with Crippen LogP contribution in [0.5, 0.6) is 5.75 Å². The molecule has 0 saturated carbocycles. The Labute approximate surface area is 156 Å². The van der Waals surface area contributed by atoms with Gasteiger partial charge in [-0.3, -0.25) is 9.59 Å². The average Bonchev–Trinajstić information content (AvgIpc) is 3.02. The van der Waals surface area contributed by atoms with Gasteiger partial charge in [0.1, 0.15) is 5.75 Å². The first kappa shape index (κ1) is 18.2. The van der Waals surface area contributed by atoms with E-state index in [2.05, 4.69) is 10.6 Å². The number of amides is 4. The number of primary amides is 1. The number of anilines is 2. The van der Waals surface area contributed by atoms with Crippen LogP contribution in [0.25, 0.3) is 0 Å². The molecule has 4 N–H and O–H groups in total. The van der Waals surface area contributed by atoms with Crippen molar-refractivity contribution in [1.82, 2.24) is 5.32 Å². The fourth-order valence-electron chi connectivity index (χ4n) is 2.97. The highest BCUT2D eigenvalue weighted by Crippen LogP contribution is 2.24. The molecule has 1 atom stereocenters. The number of urea groups is 1. The summed E-state index contributed by atoms with van der Waals surface area (Å²) in [5.74, 6) is -0.0109. The summed E-state index contributed by atoms with van der Waals surface area (Å²) >= 11 is 0. The number of methoxy groups -OCH3 is 1. The quantitative estimate of drug-likeness (QED) is 0.745. The van der Waals surface area contributed by atoms with E-state index < -0.39 is 11.9 Å². The maximum atomic E-state index is 12.3. The van der Waals surface area contributed by atoms with Crippen LogP contribution < -0.4 is 26.0 Å². The van der Waals surface area contributed by atoms with E-state index in [4.69, 9.17) is 10.5 Å². The Bertz CT molecular complexity index is 866. The first-order valence-electron chi connectivity index (χ1n) is 8.38. The van der Waals surface area contributed by atoms with Crippen LogP contribution in [-0.4, -0.2) is 37.5 Å². The van der Waals surface area contributed by atoms with E-state index in [1.54, 1.807) is 54.5 Å². The normalized spacial score (nSPS) is 16.1. The molecule has 0 aromatic heterocycles. The van der Waals surface area contributed by atoms with Crippen LogP contribution in [-0.2, 0) is 4.79 Å². The second-order valence-corrected chi connectivity index (χ2v) is 6.11. The van der Waals surface area contributed by atoms with Crippen molar-refractivity contribution in [3.63, 3.8) is 0 Å². The van der Waals surface area contributed by atoms with E-state index in [1.807, 2.05) is 0 Å². The van der Waals surface area contributed by atoms with Crippen molar-refractivity contribution in [2.75, 3.05) is 23.9 Å². The highest BCUT2D eigenvalue weighted by molar-refractivity contribution is 6.03. The number of hydrogen-bond donors (Lipinski definition) is 3. The molecule has 140 valence electrons. The van der Waals surface area contributed by atoms with Gasteiger partial charge in [-0.2, -0.15) is 0 Å². The molecule has 1 heterocycles. The van der Waals surface area contributed by atoms with Gasteiger partial charge in [0, 0.05) is 18.7 Å². The molecule has 3 rings (SSSR count). The minimum absolute atomic E-state index is 0.0806. The highest BCUT2D eigenvalue weighted by atomic mass is 16.5. The monoisotopic (exact) mass is 368 g/mol. The Kier molecular flexibility index (Phi) is 5.25. The summed E-state index contributed by atoms with van der Waals surface area (Å²) < 4.78 is 5.11. The number of nitrogens with one attached hydrogen (secondary N) is 2. The number of benzene rings is 2. The van der Waals surface area contributed by atoms with E-state index in [0.717, 1.165) is 5.69 Å². The molecule has 4 amide bonds. The molecule has 0 aliphatic carbocycles. The van der Waals surface area contributed by atoms with Crippen LogP contribution >= 0.6 is 0 Å². The minimum Gasteiger partial charge on any atom is -0.497 e. The van der Waals surface area contributed by atoms with Gasteiger partial charge in [0.25, 0.3) is 5.91 Å². The van der Waals surface area contributed by atoms with Crippen LogP contribution in [0.3, 0.4) is 0 Å². The van der Waals surface area contributed by atoms with Crippen molar-refractivity contribution in [3.05, 3.63) is 54.1 Å². The number of para-hydroxylation sites is 1. The maximum Gasteiger partial charge on any atom is 0.319 e. The first-order valence-corrected chi connectivity index (χ1v) is 8.38. The van der Waals surface area contributed by atoms with Crippen molar-refractivity contribution >= 4 is 29.2 Å². The summed E-state index contributed by atoms with van der Waals surface area (Å²) in [5.41, 5.74) is 6.58. The van der Waals surface area contributed by atoms with E-state index in [9.17, 15) is 14.4 Å². The maximum absolute atomic E-state index is 12.3. The lowest BCUT2D eigenvalue weighted by molar-refractivity contribution is -0.117. The van der Waals surface area contributed by atoms with E-state index in [0.29, 0.717) is 18.0 Å². The van der Waals surface area contributed by atoms with Crippen molar-refractivity contribution in [2.45, 2.75) is 12.5 Å². The number of carbonyl (C=O) groups is 3. The standard InChI is InChI=1S/C19H20N4O4/c1-27-14-8-6-13(7-9-14)23-11-12(10-17(23)24)21-19(26)22-16-5-3-2-4-15(16)18(20)25/h2-9,12H,10-11H2,1H3,(H2,20,25)(H2,21,22,26)/t12-/m0/s1. The summed E-state index contributed by atoms with van der Waals surface area (Å²) in [4.78, 5) is 37.6. The van der Waals surface area contributed by atoms with Gasteiger partial charge in [0.2, 0.25) is 5.91 Å². The summed E-state index contributed by atoms with van der Waals surface area (Å²) in [6.45, 7) is 0.357. The van der Waals surface area contributed by atoms with E-state index in [1.165, 1.54) is 6.07 Å². The SMILES string of the molecule is COc1ccc(N2C[C@@H](NC(=O)Nc3ccccc3C(N)=O)CC2=O)cc1. The smallest absolute Gasteiger partial charge is 0.319 e. The van der Waals surface area contributed by atoms with Gasteiger partial charge in [-0.1, -0.05) is 12.1 Å². The Balaban J connectivity index is 1.62. The Hall–Kier alpha value is -3.55. The number of nitrogens with two attached hydrogens (primary N) is 1. The van der Waals surface area contributed by atoms with Gasteiger partial charge in [0.05, 0.1) is 24.4 Å². The van der Waals surface area contributed by atoms with Gasteiger partial charge in [0.15, 0.2) is 0 Å². The summed E-state index contributed by atoms with van der Waals surface area (Å²) in [7, 11) is 1.57. The molecule has 27 heavy (non-hydrogen) atoms. The molecule has 1 aliphatic heterocycles. The highest BCUT2D eigenvalue weighted by Gasteiger charge is 2.31. The molecule has 8 heteroatoms. The average molecular weight is 368 g/mol. The second kappa shape index (κ2) is 7.77. The zero-order chi connectivity index (χ0) is 19.4. The van der Waals surface area contributed by atoms with Gasteiger partial charge in [-0.15, -0.1) is 0 Å². The summed E-state index contributed by atoms with van der Waals surface area (Å²) in [6.07, 6.45) is 0.191. The largest absolute Gasteiger partial charge is 0.497 e. The molecular formula is C19H20N4O4. The zero-order valence-electron chi connectivity index (χ0n) is 14.8. The van der Waals surface area contributed by atoms with Gasteiger partial charge >= 0.3 is 6.03 Å². The third-order valence-electron chi connectivity index (χ3n) is 4.29. The third kappa shape index (κ3) is 4.17. The number of carbonyl (C=O) groups excluding carboxylic acids is 3.